The molecule has 0 aliphatic rings. The molecule has 0 fully saturated rings. The van der Waals surface area contributed by atoms with Crippen LogP contribution in [0.25, 0.3) is 20.4 Å². The molecule has 0 unspecified atom stereocenters. The number of guanidine groups is 2. The summed E-state index contributed by atoms with van der Waals surface area (Å²) in [6.07, 6.45) is 0. The predicted octanol–water partition coefficient (Wildman–Crippen LogP) is 8.06. The number of nitrogens with zero attached hydrogens (tertiary/aromatic N) is 3. The Labute approximate surface area is 287 Å². The van der Waals surface area contributed by atoms with Crippen molar-refractivity contribution >= 4 is 89.7 Å². The van der Waals surface area contributed by atoms with E-state index in [2.05, 4.69) is 21.3 Å². The first-order valence-electron chi connectivity index (χ1n) is 15.8. The summed E-state index contributed by atoms with van der Waals surface area (Å²) in [7, 11) is 0. The van der Waals surface area contributed by atoms with Crippen LogP contribution < -0.4 is 21.3 Å². The van der Waals surface area contributed by atoms with Gasteiger partial charge in [-0.05, 0) is 71.9 Å². The number of anilines is 2. The van der Waals surface area contributed by atoms with Crippen LogP contribution in [0.3, 0.4) is 0 Å². The number of carbonyl (C=O) groups excluding carboxylic acids is 2. The van der Waals surface area contributed by atoms with Crippen molar-refractivity contribution in [2.45, 2.75) is 53.6 Å². The standard InChI is InChI=1S/C35H39N7O4S2/c1-7-45-32(43)28-26(40-34(36-20(3)4)38-22-15-11-9-12-16-22)24-19-25-27(29(33(44)46-8-2)48-31(25)42-30(24)47-28)41-35(37-21(5)6)39-23-17-13-10-14-18-23/h9-21H,7-8H2,1-6H3,(H2,36,38,40)(H2,37,39,41). The quantitative estimate of drug-likeness (QED) is 0.0653. The van der Waals surface area contributed by atoms with Crippen molar-refractivity contribution in [2.24, 2.45) is 9.98 Å². The Morgan fingerprint density at radius 3 is 1.44 bits per heavy atom. The highest BCUT2D eigenvalue weighted by molar-refractivity contribution is 7.23. The Hall–Kier alpha value is -5.01. The molecule has 0 saturated carbocycles. The number of carbonyl (C=O) groups is 2. The normalized spacial score (nSPS) is 12.1. The number of pyridine rings is 1. The molecular formula is C35H39N7O4S2. The van der Waals surface area contributed by atoms with E-state index >= 15 is 0 Å². The number of para-hydroxylation sites is 2. The number of rotatable bonds is 10. The fourth-order valence-corrected chi connectivity index (χ4v) is 6.72. The molecule has 3 aromatic heterocycles. The van der Waals surface area contributed by atoms with Crippen molar-refractivity contribution in [1.82, 2.24) is 15.6 Å². The maximum absolute atomic E-state index is 13.3. The third-order valence-electron chi connectivity index (χ3n) is 6.58. The van der Waals surface area contributed by atoms with Gasteiger partial charge >= 0.3 is 11.9 Å². The lowest BCUT2D eigenvalue weighted by Gasteiger charge is -2.15. The number of fused-ring (bicyclic) bond motifs is 2. The minimum atomic E-state index is -0.493. The molecule has 0 spiro atoms. The number of aliphatic imine (C=N–C) groups is 2. The Morgan fingerprint density at radius 1 is 0.688 bits per heavy atom. The number of nitrogens with one attached hydrogen (secondary N) is 4. The van der Waals surface area contributed by atoms with E-state index in [0.29, 0.717) is 53.5 Å². The number of thiophene rings is 2. The summed E-state index contributed by atoms with van der Waals surface area (Å²) in [6.45, 7) is 12.0. The number of hydrogen-bond donors (Lipinski definition) is 4. The van der Waals surface area contributed by atoms with Crippen LogP contribution in [0.15, 0.2) is 76.7 Å². The van der Waals surface area contributed by atoms with Gasteiger partial charge in [0.15, 0.2) is 0 Å². The zero-order valence-electron chi connectivity index (χ0n) is 27.7. The molecule has 5 aromatic rings. The van der Waals surface area contributed by atoms with Gasteiger partial charge in [-0.2, -0.15) is 0 Å². The van der Waals surface area contributed by atoms with Gasteiger partial charge in [0.05, 0.1) is 13.2 Å². The molecule has 250 valence electrons. The first-order chi connectivity index (χ1) is 23.2. The van der Waals surface area contributed by atoms with E-state index in [4.69, 9.17) is 24.4 Å². The van der Waals surface area contributed by atoms with Gasteiger partial charge < -0.3 is 30.7 Å². The van der Waals surface area contributed by atoms with E-state index in [1.807, 2.05) is 94.4 Å². The summed E-state index contributed by atoms with van der Waals surface area (Å²) >= 11 is 2.39. The summed E-state index contributed by atoms with van der Waals surface area (Å²) < 4.78 is 10.9. The SMILES string of the molecule is CCOC(=O)c1sc2nc3sc(C(=O)OCC)c(N=C(Nc4ccccc4)NC(C)C)c3cc2c1N=C(Nc1ccccc1)NC(C)C. The second kappa shape index (κ2) is 15.7. The predicted molar refractivity (Wildman–Crippen MR) is 198 cm³/mol. The van der Waals surface area contributed by atoms with Gasteiger partial charge in [-0.3, -0.25) is 0 Å². The van der Waals surface area contributed by atoms with Crippen LogP contribution in [0, 0.1) is 0 Å². The van der Waals surface area contributed by atoms with Gasteiger partial charge in [-0.15, -0.1) is 22.7 Å². The molecule has 4 N–H and O–H groups in total. The average molecular weight is 686 g/mol. The molecule has 48 heavy (non-hydrogen) atoms. The van der Waals surface area contributed by atoms with Crippen molar-refractivity contribution < 1.29 is 19.1 Å². The number of esters is 2. The second-order valence-corrected chi connectivity index (χ2v) is 13.2. The van der Waals surface area contributed by atoms with E-state index in [9.17, 15) is 9.59 Å². The highest BCUT2D eigenvalue weighted by atomic mass is 32.1. The molecule has 0 aliphatic heterocycles. The van der Waals surface area contributed by atoms with Crippen molar-refractivity contribution in [1.29, 1.82) is 0 Å². The van der Waals surface area contributed by atoms with Crippen LogP contribution in [-0.2, 0) is 9.47 Å². The molecule has 0 atom stereocenters. The molecule has 0 bridgehead atoms. The molecular weight excluding hydrogens is 647 g/mol. The molecule has 2 aromatic carbocycles. The molecule has 0 aliphatic carbocycles. The summed E-state index contributed by atoms with van der Waals surface area (Å²) in [5.74, 6) is -0.0834. The molecule has 3 heterocycles. The molecule has 0 saturated heterocycles. The van der Waals surface area contributed by atoms with E-state index < -0.39 is 11.9 Å². The first-order valence-corrected chi connectivity index (χ1v) is 17.4. The van der Waals surface area contributed by atoms with Crippen molar-refractivity contribution in [3.63, 3.8) is 0 Å². The van der Waals surface area contributed by atoms with Gasteiger partial charge in [0, 0.05) is 34.2 Å². The van der Waals surface area contributed by atoms with Crippen LogP contribution in [-0.4, -0.2) is 54.1 Å². The van der Waals surface area contributed by atoms with Crippen LogP contribution in [0.4, 0.5) is 22.7 Å². The fourth-order valence-electron chi connectivity index (χ4n) is 4.68. The van der Waals surface area contributed by atoms with E-state index in [-0.39, 0.29) is 25.3 Å². The highest BCUT2D eigenvalue weighted by Gasteiger charge is 2.26. The van der Waals surface area contributed by atoms with Crippen LogP contribution >= 0.6 is 22.7 Å². The van der Waals surface area contributed by atoms with Gasteiger partial charge in [-0.25, -0.2) is 24.6 Å². The topological polar surface area (TPSA) is 138 Å². The van der Waals surface area contributed by atoms with E-state index in [1.165, 1.54) is 22.7 Å². The maximum Gasteiger partial charge on any atom is 0.350 e. The number of benzene rings is 2. The zero-order valence-corrected chi connectivity index (χ0v) is 29.3. The van der Waals surface area contributed by atoms with Crippen LogP contribution in [0.2, 0.25) is 0 Å². The lowest BCUT2D eigenvalue weighted by Crippen LogP contribution is -2.35. The summed E-state index contributed by atoms with van der Waals surface area (Å²) in [5, 5.41) is 14.6. The first kappa shape index (κ1) is 34.3. The second-order valence-electron chi connectivity index (χ2n) is 11.2. The third-order valence-corrected chi connectivity index (χ3v) is 8.72. The average Bonchev–Trinajstić information content (AvgIpc) is 3.58. The number of aromatic nitrogens is 1. The molecule has 0 amide bonds. The number of ether oxygens (including phenoxy) is 2. The molecule has 11 nitrogen and oxygen atoms in total. The van der Waals surface area contributed by atoms with Crippen LogP contribution in [0.1, 0.15) is 60.9 Å². The Kier molecular flexibility index (Phi) is 11.2. The minimum absolute atomic E-state index is 0.0367. The Bertz CT molecular complexity index is 1810. The molecule has 5 rings (SSSR count). The minimum Gasteiger partial charge on any atom is -0.462 e. The lowest BCUT2D eigenvalue weighted by molar-refractivity contribution is 0.0523. The van der Waals surface area contributed by atoms with Crippen molar-refractivity contribution in [3.05, 3.63) is 76.5 Å². The zero-order chi connectivity index (χ0) is 34.2. The lowest BCUT2D eigenvalue weighted by atomic mass is 10.2. The largest absolute Gasteiger partial charge is 0.462 e. The summed E-state index contributed by atoms with van der Waals surface area (Å²) in [6, 6.07) is 21.2. The smallest absolute Gasteiger partial charge is 0.350 e. The monoisotopic (exact) mass is 685 g/mol. The Balaban J connectivity index is 1.75. The van der Waals surface area contributed by atoms with Crippen molar-refractivity contribution in [3.8, 4) is 0 Å². The van der Waals surface area contributed by atoms with E-state index in [1.54, 1.807) is 13.8 Å². The van der Waals surface area contributed by atoms with Gasteiger partial charge in [-0.1, -0.05) is 36.4 Å². The number of hydrogen-bond acceptors (Lipinski definition) is 9. The Morgan fingerprint density at radius 2 is 1.08 bits per heavy atom. The summed E-state index contributed by atoms with van der Waals surface area (Å²) in [5.41, 5.74) is 2.45. The third kappa shape index (κ3) is 8.28. The van der Waals surface area contributed by atoms with E-state index in [0.717, 1.165) is 11.4 Å². The van der Waals surface area contributed by atoms with Crippen molar-refractivity contribution in [2.75, 3.05) is 23.8 Å². The van der Waals surface area contributed by atoms with Gasteiger partial charge in [0.2, 0.25) is 11.9 Å². The molecule has 0 radical (unpaired) electrons. The summed E-state index contributed by atoms with van der Waals surface area (Å²) in [4.78, 5) is 43.2. The highest BCUT2D eigenvalue weighted by Crippen LogP contribution is 2.44. The fraction of sp³-hybridized carbons (Fsp3) is 0.286. The van der Waals surface area contributed by atoms with Crippen LogP contribution in [0.5, 0.6) is 0 Å². The van der Waals surface area contributed by atoms with Gasteiger partial charge in [0.1, 0.15) is 30.8 Å². The molecule has 13 heteroatoms. The maximum atomic E-state index is 13.3. The van der Waals surface area contributed by atoms with Gasteiger partial charge in [0.25, 0.3) is 0 Å².